The lowest BCUT2D eigenvalue weighted by molar-refractivity contribution is -0.142. The topological polar surface area (TPSA) is 49.3 Å². The van der Waals surface area contributed by atoms with Crippen molar-refractivity contribution in [3.63, 3.8) is 0 Å². The molecule has 0 radical (unpaired) electrons. The third-order valence-electron chi connectivity index (χ3n) is 3.66. The highest BCUT2D eigenvalue weighted by atomic mass is 35.5. The molecular formula is C14H17Cl2NO2. The molecule has 0 saturated heterocycles. The number of carbonyl (C=O) groups is 1. The molecule has 0 bridgehead atoms. The fourth-order valence-corrected chi connectivity index (χ4v) is 2.78. The summed E-state index contributed by atoms with van der Waals surface area (Å²) >= 11 is 11.8. The minimum Gasteiger partial charge on any atom is -0.481 e. The van der Waals surface area contributed by atoms with Crippen molar-refractivity contribution in [2.45, 2.75) is 38.3 Å². The van der Waals surface area contributed by atoms with E-state index >= 15 is 0 Å². The summed E-state index contributed by atoms with van der Waals surface area (Å²) in [6.07, 6.45) is 3.35. The molecule has 0 aliphatic heterocycles. The van der Waals surface area contributed by atoms with Gasteiger partial charge >= 0.3 is 5.97 Å². The molecule has 1 aromatic carbocycles. The molecule has 0 atom stereocenters. The molecule has 0 aromatic heterocycles. The van der Waals surface area contributed by atoms with Crippen LogP contribution in [0, 0.1) is 5.92 Å². The lowest BCUT2D eigenvalue weighted by Gasteiger charge is -2.27. The van der Waals surface area contributed by atoms with E-state index in [4.69, 9.17) is 28.3 Å². The maximum atomic E-state index is 10.9. The number of hydrogen-bond donors (Lipinski definition) is 2. The molecule has 2 N–H and O–H groups in total. The van der Waals surface area contributed by atoms with Crippen LogP contribution in [0.1, 0.15) is 31.2 Å². The highest BCUT2D eigenvalue weighted by Crippen LogP contribution is 2.25. The molecule has 5 heteroatoms. The van der Waals surface area contributed by atoms with Gasteiger partial charge in [0.15, 0.2) is 0 Å². The van der Waals surface area contributed by atoms with Crippen LogP contribution in [-0.2, 0) is 11.3 Å². The van der Waals surface area contributed by atoms with Gasteiger partial charge < -0.3 is 10.4 Å². The monoisotopic (exact) mass is 301 g/mol. The Hall–Kier alpha value is -0.770. The number of aliphatic carboxylic acids is 1. The summed E-state index contributed by atoms with van der Waals surface area (Å²) in [5, 5.41) is 13.5. The van der Waals surface area contributed by atoms with Crippen LogP contribution in [0.5, 0.6) is 0 Å². The van der Waals surface area contributed by atoms with Gasteiger partial charge in [-0.15, -0.1) is 0 Å². The molecule has 0 unspecified atom stereocenters. The Morgan fingerprint density at radius 3 is 2.47 bits per heavy atom. The van der Waals surface area contributed by atoms with Gasteiger partial charge in [0.1, 0.15) is 0 Å². The van der Waals surface area contributed by atoms with Crippen molar-refractivity contribution in [2.24, 2.45) is 5.92 Å². The molecule has 1 aliphatic carbocycles. The summed E-state index contributed by atoms with van der Waals surface area (Å²) in [4.78, 5) is 10.9. The minimum absolute atomic E-state index is 0.164. The third-order valence-corrected chi connectivity index (χ3v) is 4.39. The molecule has 0 spiro atoms. The minimum atomic E-state index is -0.664. The Labute approximate surface area is 122 Å². The van der Waals surface area contributed by atoms with Crippen LogP contribution in [0.3, 0.4) is 0 Å². The molecule has 0 heterocycles. The first-order valence-electron chi connectivity index (χ1n) is 6.46. The van der Waals surface area contributed by atoms with Crippen molar-refractivity contribution in [1.29, 1.82) is 0 Å². The lowest BCUT2D eigenvalue weighted by Crippen LogP contribution is -2.34. The van der Waals surface area contributed by atoms with E-state index in [2.05, 4.69) is 5.32 Å². The zero-order chi connectivity index (χ0) is 13.8. The third kappa shape index (κ3) is 4.10. The molecule has 1 saturated carbocycles. The van der Waals surface area contributed by atoms with E-state index in [-0.39, 0.29) is 5.92 Å². The van der Waals surface area contributed by atoms with Gasteiger partial charge in [-0.25, -0.2) is 0 Å². The first-order chi connectivity index (χ1) is 9.06. The quantitative estimate of drug-likeness (QED) is 0.891. The van der Waals surface area contributed by atoms with Gasteiger partial charge in [-0.1, -0.05) is 29.3 Å². The average molecular weight is 302 g/mol. The molecule has 1 fully saturated rings. The van der Waals surface area contributed by atoms with E-state index in [1.165, 1.54) is 0 Å². The van der Waals surface area contributed by atoms with Gasteiger partial charge in [0.25, 0.3) is 0 Å². The number of carboxylic acids is 1. The van der Waals surface area contributed by atoms with Gasteiger partial charge in [-0.05, 0) is 43.4 Å². The number of hydrogen-bond acceptors (Lipinski definition) is 2. The average Bonchev–Trinajstić information content (AvgIpc) is 2.40. The van der Waals surface area contributed by atoms with Crippen molar-refractivity contribution < 1.29 is 9.90 Å². The number of carboxylic acid groups (broad SMARTS) is 1. The lowest BCUT2D eigenvalue weighted by atomic mass is 9.86. The Kier molecular flexibility index (Phi) is 5.08. The summed E-state index contributed by atoms with van der Waals surface area (Å²) in [5.74, 6) is -0.828. The van der Waals surface area contributed by atoms with Gasteiger partial charge in [0.2, 0.25) is 0 Å². The van der Waals surface area contributed by atoms with Crippen LogP contribution in [0.15, 0.2) is 18.2 Å². The van der Waals surface area contributed by atoms with E-state index < -0.39 is 5.97 Å². The fourth-order valence-electron chi connectivity index (χ4n) is 2.46. The molecule has 3 nitrogen and oxygen atoms in total. The second-order valence-electron chi connectivity index (χ2n) is 5.02. The summed E-state index contributed by atoms with van der Waals surface area (Å²) < 4.78 is 0. The van der Waals surface area contributed by atoms with Crippen molar-refractivity contribution >= 4 is 29.2 Å². The summed E-state index contributed by atoms with van der Waals surface area (Å²) in [6, 6.07) is 6.00. The van der Waals surface area contributed by atoms with Crippen molar-refractivity contribution in [3.8, 4) is 0 Å². The Morgan fingerprint density at radius 2 is 1.89 bits per heavy atom. The highest BCUT2D eigenvalue weighted by Gasteiger charge is 2.25. The van der Waals surface area contributed by atoms with Crippen molar-refractivity contribution in [3.05, 3.63) is 33.8 Å². The first-order valence-corrected chi connectivity index (χ1v) is 7.22. The van der Waals surface area contributed by atoms with Crippen molar-refractivity contribution in [1.82, 2.24) is 5.32 Å². The molecule has 1 aromatic rings. The standard InChI is InChI=1S/C14H17Cl2NO2/c15-12-6-1-9(7-13(12)16)8-17-11-4-2-10(3-5-11)14(18)19/h1,6-7,10-11,17H,2-5,8H2,(H,18,19). The zero-order valence-electron chi connectivity index (χ0n) is 10.5. The molecule has 19 heavy (non-hydrogen) atoms. The van der Waals surface area contributed by atoms with Crippen LogP contribution >= 0.6 is 23.2 Å². The zero-order valence-corrected chi connectivity index (χ0v) is 12.0. The molecule has 104 valence electrons. The second kappa shape index (κ2) is 6.60. The first kappa shape index (κ1) is 14.6. The van der Waals surface area contributed by atoms with Gasteiger partial charge in [-0.3, -0.25) is 4.79 Å². The molecular weight excluding hydrogens is 285 g/mol. The predicted molar refractivity (Wildman–Crippen MR) is 76.7 cm³/mol. The molecule has 1 aliphatic rings. The molecule has 0 amide bonds. The van der Waals surface area contributed by atoms with Crippen LogP contribution in [0.25, 0.3) is 0 Å². The Balaban J connectivity index is 1.80. The largest absolute Gasteiger partial charge is 0.481 e. The second-order valence-corrected chi connectivity index (χ2v) is 5.83. The van der Waals surface area contributed by atoms with Crippen LogP contribution in [-0.4, -0.2) is 17.1 Å². The number of nitrogens with one attached hydrogen (secondary N) is 1. The SMILES string of the molecule is O=C(O)C1CCC(NCc2ccc(Cl)c(Cl)c2)CC1. The summed E-state index contributed by atoms with van der Waals surface area (Å²) in [7, 11) is 0. The van der Waals surface area contributed by atoms with E-state index in [1.54, 1.807) is 6.07 Å². The number of benzene rings is 1. The normalized spacial score (nSPS) is 23.3. The van der Waals surface area contributed by atoms with E-state index in [9.17, 15) is 4.79 Å². The molecule has 2 rings (SSSR count). The maximum absolute atomic E-state index is 10.9. The van der Waals surface area contributed by atoms with Gasteiger partial charge in [-0.2, -0.15) is 0 Å². The highest BCUT2D eigenvalue weighted by molar-refractivity contribution is 6.42. The smallest absolute Gasteiger partial charge is 0.306 e. The Bertz CT molecular complexity index is 457. The van der Waals surface area contributed by atoms with Gasteiger partial charge in [0, 0.05) is 12.6 Å². The summed E-state index contributed by atoms with van der Waals surface area (Å²) in [5.41, 5.74) is 1.09. The van der Waals surface area contributed by atoms with Gasteiger partial charge in [0.05, 0.1) is 16.0 Å². The fraction of sp³-hybridized carbons (Fsp3) is 0.500. The van der Waals surface area contributed by atoms with Crippen LogP contribution in [0.4, 0.5) is 0 Å². The Morgan fingerprint density at radius 1 is 1.21 bits per heavy atom. The number of halogens is 2. The summed E-state index contributed by atoms with van der Waals surface area (Å²) in [6.45, 7) is 0.735. The number of rotatable bonds is 4. The predicted octanol–water partition coefficient (Wildman–Crippen LogP) is 3.73. The van der Waals surface area contributed by atoms with Crippen LogP contribution in [0.2, 0.25) is 10.0 Å². The van der Waals surface area contributed by atoms with E-state index in [0.29, 0.717) is 16.1 Å². The van der Waals surface area contributed by atoms with E-state index in [0.717, 1.165) is 37.8 Å². The van der Waals surface area contributed by atoms with Crippen LogP contribution < -0.4 is 5.32 Å². The van der Waals surface area contributed by atoms with Crippen molar-refractivity contribution in [2.75, 3.05) is 0 Å². The van der Waals surface area contributed by atoms with E-state index in [1.807, 2.05) is 12.1 Å². The maximum Gasteiger partial charge on any atom is 0.306 e.